The lowest BCUT2D eigenvalue weighted by atomic mass is 9.97. The molecule has 1 aromatic heterocycles. The molecule has 0 N–H and O–H groups in total. The van der Waals surface area contributed by atoms with E-state index in [-0.39, 0.29) is 0 Å². The number of ether oxygens (including phenoxy) is 2. The SMILES string of the molecule is COc1ccc(CN2CCCC(Cn3ccnc3)C2)c(Cl)c1OC. The first kappa shape index (κ1) is 17.1. The van der Waals surface area contributed by atoms with Crippen LogP contribution in [0.3, 0.4) is 0 Å². The summed E-state index contributed by atoms with van der Waals surface area (Å²) in [5.41, 5.74) is 1.08. The number of aromatic nitrogens is 2. The van der Waals surface area contributed by atoms with E-state index in [0.717, 1.165) is 31.7 Å². The summed E-state index contributed by atoms with van der Waals surface area (Å²) in [6, 6.07) is 3.95. The van der Waals surface area contributed by atoms with E-state index in [1.165, 1.54) is 12.8 Å². The number of imidazole rings is 1. The first-order chi connectivity index (χ1) is 11.7. The summed E-state index contributed by atoms with van der Waals surface area (Å²) in [6.07, 6.45) is 8.23. The van der Waals surface area contributed by atoms with Crippen molar-refractivity contribution in [1.29, 1.82) is 0 Å². The Morgan fingerprint density at radius 2 is 2.17 bits per heavy atom. The summed E-state index contributed by atoms with van der Waals surface area (Å²) in [4.78, 5) is 6.60. The van der Waals surface area contributed by atoms with Crippen LogP contribution in [0.25, 0.3) is 0 Å². The van der Waals surface area contributed by atoms with Gasteiger partial charge in [-0.05, 0) is 36.9 Å². The molecule has 1 atom stereocenters. The summed E-state index contributed by atoms with van der Waals surface area (Å²) >= 11 is 6.52. The number of rotatable bonds is 6. The van der Waals surface area contributed by atoms with Crippen molar-refractivity contribution < 1.29 is 9.47 Å². The van der Waals surface area contributed by atoms with Crippen LogP contribution in [0, 0.1) is 5.92 Å². The largest absolute Gasteiger partial charge is 0.493 e. The highest BCUT2D eigenvalue weighted by Gasteiger charge is 2.22. The second-order valence-corrected chi connectivity index (χ2v) is 6.65. The van der Waals surface area contributed by atoms with Gasteiger partial charge in [-0.3, -0.25) is 4.90 Å². The monoisotopic (exact) mass is 349 g/mol. The van der Waals surface area contributed by atoms with Crippen LogP contribution in [0.15, 0.2) is 30.9 Å². The second-order valence-electron chi connectivity index (χ2n) is 6.28. The molecule has 2 aromatic rings. The number of hydrogen-bond donors (Lipinski definition) is 0. The van der Waals surface area contributed by atoms with Crippen molar-refractivity contribution in [1.82, 2.24) is 14.5 Å². The van der Waals surface area contributed by atoms with Crippen LogP contribution >= 0.6 is 11.6 Å². The first-order valence-electron chi connectivity index (χ1n) is 8.28. The number of piperidine rings is 1. The zero-order chi connectivity index (χ0) is 16.9. The first-order valence-corrected chi connectivity index (χ1v) is 8.66. The summed E-state index contributed by atoms with van der Waals surface area (Å²) in [5, 5.41) is 0.647. The molecule has 1 fully saturated rings. The van der Waals surface area contributed by atoms with E-state index in [1.807, 2.05) is 30.9 Å². The maximum absolute atomic E-state index is 6.52. The van der Waals surface area contributed by atoms with Crippen LogP contribution in [0.5, 0.6) is 11.5 Å². The predicted molar refractivity (Wildman–Crippen MR) is 94.8 cm³/mol. The summed E-state index contributed by atoms with van der Waals surface area (Å²) in [7, 11) is 3.24. The molecule has 24 heavy (non-hydrogen) atoms. The van der Waals surface area contributed by atoms with Gasteiger partial charge in [0.25, 0.3) is 0 Å². The maximum atomic E-state index is 6.52. The average molecular weight is 350 g/mol. The van der Waals surface area contributed by atoms with Crippen molar-refractivity contribution in [3.8, 4) is 11.5 Å². The standard InChI is InChI=1S/C18H24ClN3O2/c1-23-16-6-5-15(17(19)18(16)24-2)12-21-8-3-4-14(10-21)11-22-9-7-20-13-22/h5-7,9,13-14H,3-4,8,10-12H2,1-2H3. The molecule has 0 spiro atoms. The van der Waals surface area contributed by atoms with Gasteiger partial charge in [0.1, 0.15) is 0 Å². The Morgan fingerprint density at radius 3 is 2.88 bits per heavy atom. The lowest BCUT2D eigenvalue weighted by molar-refractivity contribution is 0.156. The second kappa shape index (κ2) is 7.90. The van der Waals surface area contributed by atoms with Gasteiger partial charge in [-0.2, -0.15) is 0 Å². The Balaban J connectivity index is 1.67. The van der Waals surface area contributed by atoms with Crippen molar-refractivity contribution in [3.05, 3.63) is 41.4 Å². The molecule has 1 aliphatic heterocycles. The van der Waals surface area contributed by atoms with Crippen LogP contribution in [-0.2, 0) is 13.1 Å². The molecule has 0 radical (unpaired) electrons. The van der Waals surface area contributed by atoms with Gasteiger partial charge in [0.05, 0.1) is 25.6 Å². The molecular formula is C18H24ClN3O2. The van der Waals surface area contributed by atoms with Gasteiger partial charge in [0, 0.05) is 32.0 Å². The smallest absolute Gasteiger partial charge is 0.179 e. The van der Waals surface area contributed by atoms with Crippen LogP contribution in [0.2, 0.25) is 5.02 Å². The Kier molecular flexibility index (Phi) is 5.63. The van der Waals surface area contributed by atoms with Crippen LogP contribution in [-0.4, -0.2) is 41.8 Å². The number of hydrogen-bond acceptors (Lipinski definition) is 4. The minimum absolute atomic E-state index is 0.614. The van der Waals surface area contributed by atoms with Gasteiger partial charge < -0.3 is 14.0 Å². The fraction of sp³-hybridized carbons (Fsp3) is 0.500. The molecule has 6 heteroatoms. The predicted octanol–water partition coefficient (Wildman–Crippen LogP) is 3.47. The molecule has 0 bridgehead atoms. The van der Waals surface area contributed by atoms with Crippen LogP contribution in [0.4, 0.5) is 0 Å². The van der Waals surface area contributed by atoms with Gasteiger partial charge in [-0.1, -0.05) is 17.7 Å². The van der Waals surface area contributed by atoms with E-state index in [0.29, 0.717) is 22.4 Å². The van der Waals surface area contributed by atoms with E-state index in [2.05, 4.69) is 14.5 Å². The van der Waals surface area contributed by atoms with Crippen molar-refractivity contribution in [2.45, 2.75) is 25.9 Å². The van der Waals surface area contributed by atoms with Crippen molar-refractivity contribution in [2.75, 3.05) is 27.3 Å². The highest BCUT2D eigenvalue weighted by molar-refractivity contribution is 6.33. The van der Waals surface area contributed by atoms with Crippen molar-refractivity contribution in [3.63, 3.8) is 0 Å². The highest BCUT2D eigenvalue weighted by atomic mass is 35.5. The zero-order valence-electron chi connectivity index (χ0n) is 14.2. The molecule has 1 aliphatic rings. The van der Waals surface area contributed by atoms with E-state index in [9.17, 15) is 0 Å². The lowest BCUT2D eigenvalue weighted by Crippen LogP contribution is -2.36. The van der Waals surface area contributed by atoms with Crippen LogP contribution < -0.4 is 9.47 Å². The maximum Gasteiger partial charge on any atom is 0.179 e. The molecule has 0 saturated carbocycles. The quantitative estimate of drug-likeness (QED) is 0.800. The molecule has 0 aliphatic carbocycles. The van der Waals surface area contributed by atoms with E-state index < -0.39 is 0 Å². The Labute approximate surface area is 148 Å². The van der Waals surface area contributed by atoms with Gasteiger partial charge in [0.2, 0.25) is 0 Å². The van der Waals surface area contributed by atoms with Gasteiger partial charge in [0.15, 0.2) is 11.5 Å². The van der Waals surface area contributed by atoms with Crippen molar-refractivity contribution in [2.24, 2.45) is 5.92 Å². The van der Waals surface area contributed by atoms with Crippen LogP contribution in [0.1, 0.15) is 18.4 Å². The third-order valence-corrected chi connectivity index (χ3v) is 5.00. The summed E-state index contributed by atoms with van der Waals surface area (Å²) in [6.45, 7) is 4.03. The summed E-state index contributed by atoms with van der Waals surface area (Å²) < 4.78 is 12.9. The molecule has 5 nitrogen and oxygen atoms in total. The summed E-state index contributed by atoms with van der Waals surface area (Å²) in [5.74, 6) is 1.93. The Bertz CT molecular complexity index is 661. The van der Waals surface area contributed by atoms with E-state index in [1.54, 1.807) is 14.2 Å². The zero-order valence-corrected chi connectivity index (χ0v) is 15.0. The van der Waals surface area contributed by atoms with Gasteiger partial charge in [-0.25, -0.2) is 4.98 Å². The van der Waals surface area contributed by atoms with Gasteiger partial charge in [-0.15, -0.1) is 0 Å². The molecule has 1 aromatic carbocycles. The number of nitrogens with zero attached hydrogens (tertiary/aromatic N) is 3. The fourth-order valence-corrected chi connectivity index (χ4v) is 3.72. The Hall–Kier alpha value is -1.72. The molecule has 0 amide bonds. The lowest BCUT2D eigenvalue weighted by Gasteiger charge is -2.33. The topological polar surface area (TPSA) is 39.5 Å². The average Bonchev–Trinajstić information content (AvgIpc) is 3.10. The Morgan fingerprint density at radius 1 is 1.29 bits per heavy atom. The molecule has 130 valence electrons. The third-order valence-electron chi connectivity index (χ3n) is 4.59. The minimum Gasteiger partial charge on any atom is -0.493 e. The molecule has 1 saturated heterocycles. The highest BCUT2D eigenvalue weighted by Crippen LogP contribution is 2.38. The molecule has 1 unspecified atom stereocenters. The third kappa shape index (κ3) is 3.84. The fourth-order valence-electron chi connectivity index (χ4n) is 3.43. The van der Waals surface area contributed by atoms with Gasteiger partial charge >= 0.3 is 0 Å². The van der Waals surface area contributed by atoms with E-state index >= 15 is 0 Å². The number of methoxy groups -OCH3 is 2. The van der Waals surface area contributed by atoms with E-state index in [4.69, 9.17) is 21.1 Å². The number of likely N-dealkylation sites (tertiary alicyclic amines) is 1. The van der Waals surface area contributed by atoms with Crippen molar-refractivity contribution >= 4 is 11.6 Å². The molecular weight excluding hydrogens is 326 g/mol. The molecule has 2 heterocycles. The molecule has 3 rings (SSSR count). The normalized spacial score (nSPS) is 18.5. The number of benzene rings is 1. The number of halogens is 1. The minimum atomic E-state index is 0.614.